The maximum atomic E-state index is 6.16. The van der Waals surface area contributed by atoms with Crippen molar-refractivity contribution in [2.24, 2.45) is 5.73 Å². The molecule has 0 aliphatic rings. The number of aromatic nitrogens is 1. The van der Waals surface area contributed by atoms with Gasteiger partial charge in [0.05, 0.1) is 0 Å². The molecule has 1 aromatic carbocycles. The predicted molar refractivity (Wildman–Crippen MR) is 82.4 cm³/mol. The molecule has 0 spiro atoms. The summed E-state index contributed by atoms with van der Waals surface area (Å²) in [4.78, 5) is 5.38. The van der Waals surface area contributed by atoms with Crippen molar-refractivity contribution >= 4 is 11.8 Å². The number of hydrogen-bond acceptors (Lipinski definition) is 3. The van der Waals surface area contributed by atoms with Crippen LogP contribution in [0, 0.1) is 13.8 Å². The molecular formula is C16H20N2S. The van der Waals surface area contributed by atoms with E-state index in [1.165, 1.54) is 21.6 Å². The summed E-state index contributed by atoms with van der Waals surface area (Å²) in [6.07, 6.45) is 3.66. The summed E-state index contributed by atoms with van der Waals surface area (Å²) in [6.45, 7) is 6.33. The molecule has 0 radical (unpaired) electrons. The van der Waals surface area contributed by atoms with E-state index in [0.717, 1.165) is 0 Å². The molecule has 1 heterocycles. The van der Waals surface area contributed by atoms with E-state index in [1.54, 1.807) is 0 Å². The molecule has 0 saturated carbocycles. The zero-order valence-electron chi connectivity index (χ0n) is 11.6. The fraction of sp³-hybridized carbons (Fsp3) is 0.312. The lowest BCUT2D eigenvalue weighted by Crippen LogP contribution is -2.22. The number of nitrogens with two attached hydrogens (primary N) is 1. The first-order valence-corrected chi connectivity index (χ1v) is 7.35. The summed E-state index contributed by atoms with van der Waals surface area (Å²) in [7, 11) is 0. The van der Waals surface area contributed by atoms with Crippen molar-refractivity contribution < 1.29 is 0 Å². The smallest absolute Gasteiger partial charge is 0.0494 e. The molecule has 0 fully saturated rings. The zero-order chi connectivity index (χ0) is 13.8. The third kappa shape index (κ3) is 3.58. The average Bonchev–Trinajstić information content (AvgIpc) is 2.40. The van der Waals surface area contributed by atoms with Gasteiger partial charge in [-0.3, -0.25) is 4.98 Å². The molecule has 2 N–H and O–H groups in total. The maximum absolute atomic E-state index is 6.16. The predicted octanol–water partition coefficient (Wildman–Crippen LogP) is 3.88. The molecule has 0 bridgehead atoms. The van der Waals surface area contributed by atoms with Crippen molar-refractivity contribution in [3.63, 3.8) is 0 Å². The van der Waals surface area contributed by atoms with Gasteiger partial charge in [0.1, 0.15) is 0 Å². The average molecular weight is 272 g/mol. The van der Waals surface area contributed by atoms with E-state index >= 15 is 0 Å². The molecular weight excluding hydrogens is 252 g/mol. The van der Waals surface area contributed by atoms with E-state index in [2.05, 4.69) is 44.0 Å². The van der Waals surface area contributed by atoms with Gasteiger partial charge in [-0.2, -0.15) is 0 Å². The molecule has 3 heteroatoms. The minimum absolute atomic E-state index is 0.0901. The summed E-state index contributed by atoms with van der Waals surface area (Å²) in [5.74, 6) is 0. The van der Waals surface area contributed by atoms with Crippen LogP contribution in [0.15, 0.2) is 47.6 Å². The summed E-state index contributed by atoms with van der Waals surface area (Å²) in [5.41, 5.74) is 9.98. The van der Waals surface area contributed by atoms with Crippen LogP contribution in [0.4, 0.5) is 0 Å². The Kier molecular flexibility index (Phi) is 4.61. The van der Waals surface area contributed by atoms with E-state index < -0.39 is 0 Å². The molecule has 0 saturated heterocycles. The Morgan fingerprint density at radius 1 is 1.11 bits per heavy atom. The lowest BCUT2D eigenvalue weighted by atomic mass is 10.1. The second-order valence-corrected chi connectivity index (χ2v) is 6.13. The maximum Gasteiger partial charge on any atom is 0.0494 e. The second kappa shape index (κ2) is 6.22. The minimum Gasteiger partial charge on any atom is -0.327 e. The van der Waals surface area contributed by atoms with Crippen molar-refractivity contribution in [3.8, 4) is 0 Å². The molecule has 0 aliphatic carbocycles. The van der Waals surface area contributed by atoms with Crippen molar-refractivity contribution in [2.45, 2.75) is 37.0 Å². The molecule has 19 heavy (non-hydrogen) atoms. The number of thioether (sulfide) groups is 1. The Balaban J connectivity index is 2.29. The quantitative estimate of drug-likeness (QED) is 0.858. The first kappa shape index (κ1) is 14.1. The molecule has 0 amide bonds. The number of hydrogen-bond donors (Lipinski definition) is 1. The molecule has 100 valence electrons. The largest absolute Gasteiger partial charge is 0.327 e. The SMILES string of the molecule is Cc1ccc(C)c(SC(c2ccncc2)C(C)N)c1. The van der Waals surface area contributed by atoms with Crippen LogP contribution in [0.1, 0.15) is 28.9 Å². The zero-order valence-corrected chi connectivity index (χ0v) is 12.4. The fourth-order valence-electron chi connectivity index (χ4n) is 2.00. The molecule has 2 aromatic rings. The van der Waals surface area contributed by atoms with Gasteiger partial charge in [0.2, 0.25) is 0 Å². The van der Waals surface area contributed by atoms with Crippen LogP contribution in [-0.2, 0) is 0 Å². The topological polar surface area (TPSA) is 38.9 Å². The van der Waals surface area contributed by atoms with Crippen molar-refractivity contribution in [3.05, 3.63) is 59.4 Å². The van der Waals surface area contributed by atoms with E-state index in [9.17, 15) is 0 Å². The highest BCUT2D eigenvalue weighted by Crippen LogP contribution is 2.38. The Morgan fingerprint density at radius 3 is 2.42 bits per heavy atom. The Bertz CT molecular complexity index is 538. The summed E-state index contributed by atoms with van der Waals surface area (Å²) < 4.78 is 0. The number of aryl methyl sites for hydroxylation is 2. The Labute approximate surface area is 119 Å². The summed E-state index contributed by atoms with van der Waals surface area (Å²) >= 11 is 1.84. The van der Waals surface area contributed by atoms with Crippen LogP contribution in [0.3, 0.4) is 0 Å². The second-order valence-electron chi connectivity index (χ2n) is 4.95. The molecule has 2 nitrogen and oxygen atoms in total. The standard InChI is InChI=1S/C16H20N2S/c1-11-4-5-12(2)15(10-11)19-16(13(3)17)14-6-8-18-9-7-14/h4-10,13,16H,17H2,1-3H3. The van der Waals surface area contributed by atoms with E-state index in [0.29, 0.717) is 0 Å². The van der Waals surface area contributed by atoms with Gasteiger partial charge in [0.15, 0.2) is 0 Å². The highest BCUT2D eigenvalue weighted by atomic mass is 32.2. The monoisotopic (exact) mass is 272 g/mol. The van der Waals surface area contributed by atoms with Gasteiger partial charge in [-0.1, -0.05) is 17.7 Å². The Hall–Kier alpha value is -1.32. The Morgan fingerprint density at radius 2 is 1.79 bits per heavy atom. The van der Waals surface area contributed by atoms with Crippen molar-refractivity contribution in [2.75, 3.05) is 0 Å². The van der Waals surface area contributed by atoms with Gasteiger partial charge < -0.3 is 5.73 Å². The summed E-state index contributed by atoms with van der Waals surface area (Å²) in [6, 6.07) is 10.7. The molecule has 2 rings (SSSR count). The van der Waals surface area contributed by atoms with E-state index in [-0.39, 0.29) is 11.3 Å². The number of benzene rings is 1. The third-order valence-electron chi connectivity index (χ3n) is 3.11. The van der Waals surface area contributed by atoms with E-state index in [4.69, 9.17) is 5.73 Å². The molecule has 2 unspecified atom stereocenters. The van der Waals surface area contributed by atoms with Crippen LogP contribution in [-0.4, -0.2) is 11.0 Å². The van der Waals surface area contributed by atoms with Crippen LogP contribution < -0.4 is 5.73 Å². The van der Waals surface area contributed by atoms with Crippen molar-refractivity contribution in [1.82, 2.24) is 4.98 Å². The van der Waals surface area contributed by atoms with Gasteiger partial charge in [-0.05, 0) is 50.1 Å². The van der Waals surface area contributed by atoms with Gasteiger partial charge in [-0.25, -0.2) is 0 Å². The van der Waals surface area contributed by atoms with Gasteiger partial charge in [0, 0.05) is 28.6 Å². The van der Waals surface area contributed by atoms with Crippen LogP contribution in [0.2, 0.25) is 0 Å². The summed E-state index contributed by atoms with van der Waals surface area (Å²) in [5, 5.41) is 0.253. The first-order valence-electron chi connectivity index (χ1n) is 6.47. The van der Waals surface area contributed by atoms with Gasteiger partial charge in [-0.15, -0.1) is 11.8 Å². The first-order chi connectivity index (χ1) is 9.08. The third-order valence-corrected chi connectivity index (χ3v) is 4.76. The lowest BCUT2D eigenvalue weighted by Gasteiger charge is -2.21. The van der Waals surface area contributed by atoms with Gasteiger partial charge in [0.25, 0.3) is 0 Å². The van der Waals surface area contributed by atoms with Crippen molar-refractivity contribution in [1.29, 1.82) is 0 Å². The van der Waals surface area contributed by atoms with Crippen LogP contribution in [0.25, 0.3) is 0 Å². The van der Waals surface area contributed by atoms with E-state index in [1.807, 2.05) is 36.3 Å². The lowest BCUT2D eigenvalue weighted by molar-refractivity contribution is 0.720. The molecule has 2 atom stereocenters. The number of pyridine rings is 1. The van der Waals surface area contributed by atoms with Crippen LogP contribution >= 0.6 is 11.8 Å². The number of nitrogens with zero attached hydrogens (tertiary/aromatic N) is 1. The minimum atomic E-state index is 0.0901. The highest BCUT2D eigenvalue weighted by molar-refractivity contribution is 7.99. The normalized spacial score (nSPS) is 14.1. The van der Waals surface area contributed by atoms with Crippen LogP contribution in [0.5, 0.6) is 0 Å². The number of rotatable bonds is 4. The molecule has 1 aromatic heterocycles. The molecule has 0 aliphatic heterocycles. The highest BCUT2D eigenvalue weighted by Gasteiger charge is 2.18. The fourth-order valence-corrected chi connectivity index (χ4v) is 3.29. The van der Waals surface area contributed by atoms with Gasteiger partial charge >= 0.3 is 0 Å².